The molecule has 0 radical (unpaired) electrons. The normalized spacial score (nSPS) is 29.8. The Bertz CT molecular complexity index is 725. The molecule has 2 aliphatic heterocycles. The minimum atomic E-state index is -3.02. The Labute approximate surface area is 124 Å². The summed E-state index contributed by atoms with van der Waals surface area (Å²) in [6.45, 7) is 1.88. The van der Waals surface area contributed by atoms with Crippen LogP contribution >= 0.6 is 0 Å². The lowest BCUT2D eigenvalue weighted by Gasteiger charge is -2.27. The molecular weight excluding hydrogens is 286 g/mol. The molecule has 0 N–H and O–H groups in total. The third-order valence-corrected chi connectivity index (χ3v) is 7.48. The fraction of sp³-hybridized carbons (Fsp3) is 0.500. The van der Waals surface area contributed by atoms with E-state index in [9.17, 15) is 13.2 Å². The van der Waals surface area contributed by atoms with Crippen molar-refractivity contribution in [1.82, 2.24) is 0 Å². The Balaban J connectivity index is 1.92. The van der Waals surface area contributed by atoms with E-state index in [1.807, 2.05) is 13.0 Å². The second-order valence-electron chi connectivity index (χ2n) is 6.10. The van der Waals surface area contributed by atoms with Crippen molar-refractivity contribution in [3.8, 4) is 6.07 Å². The summed E-state index contributed by atoms with van der Waals surface area (Å²) < 4.78 is 24.2. The molecule has 0 amide bonds. The zero-order valence-electron chi connectivity index (χ0n) is 11.9. The lowest BCUT2D eigenvalue weighted by Crippen LogP contribution is -2.36. The summed E-state index contributed by atoms with van der Waals surface area (Å²) >= 11 is 0. The highest BCUT2D eigenvalue weighted by molar-refractivity contribution is 7.93. The number of hydrogen-bond donors (Lipinski definition) is 0. The number of hydrogen-bond acceptors (Lipinski definition) is 4. The number of nitrogens with zero attached hydrogens (tertiary/aromatic N) is 1. The summed E-state index contributed by atoms with van der Waals surface area (Å²) in [5, 5.41) is 8.44. The molecule has 2 bridgehead atoms. The first-order chi connectivity index (χ1) is 9.93. The van der Waals surface area contributed by atoms with Gasteiger partial charge in [-0.25, -0.2) is 8.42 Å². The van der Waals surface area contributed by atoms with Crippen LogP contribution in [0.2, 0.25) is 0 Å². The van der Waals surface area contributed by atoms with E-state index in [1.54, 1.807) is 12.1 Å². The van der Waals surface area contributed by atoms with Gasteiger partial charge in [0.1, 0.15) is 0 Å². The number of ketones is 1. The van der Waals surface area contributed by atoms with E-state index in [1.165, 1.54) is 0 Å². The second kappa shape index (κ2) is 4.96. The number of benzene rings is 1. The van der Waals surface area contributed by atoms with Gasteiger partial charge in [-0.1, -0.05) is 11.6 Å². The number of rotatable bonds is 2. The molecule has 2 saturated heterocycles. The summed E-state index contributed by atoms with van der Waals surface area (Å²) in [5.41, 5.74) is 1.76. The monoisotopic (exact) mass is 303 g/mol. The smallest absolute Gasteiger partial charge is 0.167 e. The van der Waals surface area contributed by atoms with Gasteiger partial charge in [-0.05, 0) is 44.7 Å². The van der Waals surface area contributed by atoms with Gasteiger partial charge in [-0.3, -0.25) is 4.79 Å². The number of aryl methyl sites for hydroxylation is 1. The van der Waals surface area contributed by atoms with Crippen molar-refractivity contribution in [1.29, 1.82) is 5.26 Å². The summed E-state index contributed by atoms with van der Waals surface area (Å²) in [6, 6.07) is 7.27. The number of carbonyl (C=O) groups excluding carboxylic acids is 1. The van der Waals surface area contributed by atoms with Crippen LogP contribution in [0.15, 0.2) is 18.2 Å². The van der Waals surface area contributed by atoms with Gasteiger partial charge < -0.3 is 0 Å². The van der Waals surface area contributed by atoms with Crippen LogP contribution in [0.3, 0.4) is 0 Å². The molecule has 1 aromatic carbocycles. The number of Topliss-reactive ketones (excluding diaryl/α,β-unsaturated/α-hetero) is 1. The number of fused-ring (bicyclic) bond motifs is 2. The Kier molecular flexibility index (Phi) is 3.37. The van der Waals surface area contributed by atoms with Crippen LogP contribution in [-0.2, 0) is 9.84 Å². The Hall–Kier alpha value is -1.67. The van der Waals surface area contributed by atoms with Crippen molar-refractivity contribution in [3.05, 3.63) is 34.9 Å². The van der Waals surface area contributed by atoms with Gasteiger partial charge in [0.05, 0.1) is 22.1 Å². The summed E-state index contributed by atoms with van der Waals surface area (Å²) in [4.78, 5) is 12.7. The third-order valence-electron chi connectivity index (χ3n) is 4.77. The van der Waals surface area contributed by atoms with Crippen LogP contribution in [-0.4, -0.2) is 24.7 Å². The first-order valence-electron chi connectivity index (χ1n) is 7.21. The van der Waals surface area contributed by atoms with Gasteiger partial charge in [-0.15, -0.1) is 0 Å². The van der Waals surface area contributed by atoms with Crippen LogP contribution in [0.25, 0.3) is 0 Å². The zero-order valence-corrected chi connectivity index (χ0v) is 12.7. The molecule has 2 aliphatic rings. The average Bonchev–Trinajstić information content (AvgIpc) is 2.66. The van der Waals surface area contributed by atoms with E-state index in [-0.39, 0.29) is 22.2 Å². The minimum absolute atomic E-state index is 0.0675. The molecule has 1 aromatic rings. The van der Waals surface area contributed by atoms with Crippen molar-refractivity contribution in [2.45, 2.75) is 43.1 Å². The number of carbonyl (C=O) groups is 1. The van der Waals surface area contributed by atoms with Crippen LogP contribution < -0.4 is 0 Å². The van der Waals surface area contributed by atoms with Gasteiger partial charge in [-0.2, -0.15) is 5.26 Å². The molecule has 2 atom stereocenters. The van der Waals surface area contributed by atoms with Crippen molar-refractivity contribution < 1.29 is 13.2 Å². The fourth-order valence-corrected chi connectivity index (χ4v) is 6.08. The highest BCUT2D eigenvalue weighted by atomic mass is 32.2. The Morgan fingerprint density at radius 1 is 1.24 bits per heavy atom. The van der Waals surface area contributed by atoms with Crippen molar-refractivity contribution in [2.24, 2.45) is 5.92 Å². The van der Waals surface area contributed by atoms with Gasteiger partial charge >= 0.3 is 0 Å². The van der Waals surface area contributed by atoms with E-state index < -0.39 is 9.84 Å². The van der Waals surface area contributed by atoms with Gasteiger partial charge in [0.25, 0.3) is 0 Å². The number of sulfone groups is 1. The fourth-order valence-electron chi connectivity index (χ4n) is 3.60. The average molecular weight is 303 g/mol. The predicted molar refractivity (Wildman–Crippen MR) is 78.7 cm³/mol. The SMILES string of the molecule is Cc1ccc(C#N)c(C(=O)C2CC3CCC(C2)S3(=O)=O)c1. The van der Waals surface area contributed by atoms with E-state index in [0.29, 0.717) is 36.8 Å². The molecule has 0 saturated carbocycles. The summed E-state index contributed by atoms with van der Waals surface area (Å²) in [5.74, 6) is -0.332. The maximum Gasteiger partial charge on any atom is 0.167 e. The zero-order chi connectivity index (χ0) is 15.2. The highest BCUT2D eigenvalue weighted by Gasteiger charge is 2.48. The summed E-state index contributed by atoms with van der Waals surface area (Å²) in [6.07, 6.45) is 2.18. The van der Waals surface area contributed by atoms with Crippen molar-refractivity contribution in [2.75, 3.05) is 0 Å². The first kappa shape index (κ1) is 14.3. The quantitative estimate of drug-likeness (QED) is 0.786. The molecule has 4 nitrogen and oxygen atoms in total. The van der Waals surface area contributed by atoms with E-state index in [4.69, 9.17) is 5.26 Å². The molecule has 0 spiro atoms. The molecular formula is C16H17NO3S. The van der Waals surface area contributed by atoms with E-state index in [2.05, 4.69) is 6.07 Å². The van der Waals surface area contributed by atoms with Crippen LogP contribution in [0.5, 0.6) is 0 Å². The summed E-state index contributed by atoms with van der Waals surface area (Å²) in [7, 11) is -3.02. The second-order valence-corrected chi connectivity index (χ2v) is 8.62. The predicted octanol–water partition coefficient (Wildman–Crippen LogP) is 2.41. The maximum atomic E-state index is 12.7. The lowest BCUT2D eigenvalue weighted by molar-refractivity contribution is 0.0905. The van der Waals surface area contributed by atoms with Crippen LogP contribution in [0, 0.1) is 24.2 Å². The largest absolute Gasteiger partial charge is 0.294 e. The van der Waals surface area contributed by atoms with E-state index in [0.717, 1.165) is 5.56 Å². The van der Waals surface area contributed by atoms with Gasteiger partial charge in [0.2, 0.25) is 0 Å². The minimum Gasteiger partial charge on any atom is -0.294 e. The molecule has 2 fully saturated rings. The first-order valence-corrected chi connectivity index (χ1v) is 8.82. The Morgan fingerprint density at radius 2 is 1.86 bits per heavy atom. The molecule has 21 heavy (non-hydrogen) atoms. The molecule has 2 unspecified atom stereocenters. The standard InChI is InChI=1S/C16H17NO3S/c1-10-2-3-11(9-17)15(6-10)16(18)12-7-13-4-5-14(8-12)21(13,19)20/h2-3,6,12-14H,4-5,7-8H2,1H3. The Morgan fingerprint density at radius 3 is 2.43 bits per heavy atom. The maximum absolute atomic E-state index is 12.7. The van der Waals surface area contributed by atoms with Gasteiger partial charge in [0, 0.05) is 11.5 Å². The lowest BCUT2D eigenvalue weighted by atomic mass is 9.88. The molecule has 3 rings (SSSR count). The third kappa shape index (κ3) is 2.28. The molecule has 2 heterocycles. The van der Waals surface area contributed by atoms with Gasteiger partial charge in [0.15, 0.2) is 15.6 Å². The topological polar surface area (TPSA) is 75.0 Å². The number of nitriles is 1. The molecule has 0 aliphatic carbocycles. The molecule has 0 aromatic heterocycles. The highest BCUT2D eigenvalue weighted by Crippen LogP contribution is 2.42. The van der Waals surface area contributed by atoms with Crippen molar-refractivity contribution >= 4 is 15.6 Å². The molecule has 110 valence electrons. The van der Waals surface area contributed by atoms with Crippen LogP contribution in [0.1, 0.15) is 47.2 Å². The van der Waals surface area contributed by atoms with Crippen LogP contribution in [0.4, 0.5) is 0 Å². The molecule has 5 heteroatoms. The van der Waals surface area contributed by atoms with Crippen molar-refractivity contribution in [3.63, 3.8) is 0 Å². The van der Waals surface area contributed by atoms with E-state index >= 15 is 0 Å².